The molecule has 0 aliphatic rings. The van der Waals surface area contributed by atoms with Crippen molar-refractivity contribution < 1.29 is 9.18 Å². The number of hydrogen-bond acceptors (Lipinski definition) is 3. The van der Waals surface area contributed by atoms with Crippen LogP contribution >= 0.6 is 0 Å². The van der Waals surface area contributed by atoms with E-state index in [9.17, 15) is 9.18 Å². The molecular weight excluding hydrogens is 295 g/mol. The number of nitrogens with zero attached hydrogens (tertiary/aromatic N) is 3. The minimum Gasteiger partial charge on any atom is -0.343 e. The normalized spacial score (nSPS) is 11.9. The molecule has 116 valence electrons. The number of hydrogen-bond donors (Lipinski definition) is 1. The Morgan fingerprint density at radius 3 is 2.39 bits per heavy atom. The topological polar surface area (TPSA) is 59.8 Å². The van der Waals surface area contributed by atoms with Crippen LogP contribution in [0.15, 0.2) is 67.0 Å². The summed E-state index contributed by atoms with van der Waals surface area (Å²) in [5.74, 6) is -1.02. The molecule has 5 nitrogen and oxygen atoms in total. The Kier molecular flexibility index (Phi) is 4.42. The van der Waals surface area contributed by atoms with E-state index in [1.807, 2.05) is 30.3 Å². The minimum absolute atomic E-state index is 0.0156. The molecule has 2 aromatic carbocycles. The van der Waals surface area contributed by atoms with Crippen molar-refractivity contribution >= 4 is 5.91 Å². The van der Waals surface area contributed by atoms with Crippen LogP contribution in [0.4, 0.5) is 4.39 Å². The lowest BCUT2D eigenvalue weighted by atomic mass is 10.1. The van der Waals surface area contributed by atoms with E-state index in [1.54, 1.807) is 24.5 Å². The lowest BCUT2D eigenvalue weighted by Crippen LogP contribution is -2.32. The highest BCUT2D eigenvalue weighted by Gasteiger charge is 2.19. The average Bonchev–Trinajstić information content (AvgIpc) is 3.08. The van der Waals surface area contributed by atoms with Gasteiger partial charge in [0.05, 0.1) is 30.5 Å². The molecule has 0 radical (unpaired) electrons. The fourth-order valence-corrected chi connectivity index (χ4v) is 2.30. The summed E-state index contributed by atoms with van der Waals surface area (Å²) in [5, 5.41) is 11.0. The van der Waals surface area contributed by atoms with Gasteiger partial charge in [0, 0.05) is 0 Å². The Hall–Kier alpha value is -3.02. The molecule has 0 spiro atoms. The first-order chi connectivity index (χ1) is 11.2. The van der Waals surface area contributed by atoms with E-state index in [-0.39, 0.29) is 11.6 Å². The van der Waals surface area contributed by atoms with Gasteiger partial charge in [0.1, 0.15) is 5.82 Å². The third-order valence-electron chi connectivity index (χ3n) is 3.44. The second kappa shape index (κ2) is 6.83. The van der Waals surface area contributed by atoms with Crippen LogP contribution in [-0.2, 0) is 6.54 Å². The van der Waals surface area contributed by atoms with Crippen LogP contribution in [0.2, 0.25) is 0 Å². The summed E-state index contributed by atoms with van der Waals surface area (Å²) < 4.78 is 13.8. The van der Waals surface area contributed by atoms with E-state index in [4.69, 9.17) is 0 Å². The second-order valence-corrected chi connectivity index (χ2v) is 5.00. The predicted molar refractivity (Wildman–Crippen MR) is 83.1 cm³/mol. The quantitative estimate of drug-likeness (QED) is 0.788. The predicted octanol–water partition coefficient (Wildman–Crippen LogP) is 2.59. The zero-order valence-corrected chi connectivity index (χ0v) is 12.3. The minimum atomic E-state index is -0.547. The molecule has 1 heterocycles. The summed E-state index contributed by atoms with van der Waals surface area (Å²) in [7, 11) is 0. The van der Waals surface area contributed by atoms with E-state index >= 15 is 0 Å². The zero-order chi connectivity index (χ0) is 16.1. The lowest BCUT2D eigenvalue weighted by Gasteiger charge is -2.19. The molecule has 0 saturated carbocycles. The largest absolute Gasteiger partial charge is 0.343 e. The van der Waals surface area contributed by atoms with E-state index in [0.717, 1.165) is 5.56 Å². The highest BCUT2D eigenvalue weighted by Crippen LogP contribution is 2.16. The number of nitrogens with one attached hydrogen (secondary N) is 1. The van der Waals surface area contributed by atoms with Crippen molar-refractivity contribution in [1.82, 2.24) is 20.3 Å². The van der Waals surface area contributed by atoms with Crippen molar-refractivity contribution in [3.63, 3.8) is 0 Å². The number of rotatable bonds is 5. The molecule has 1 N–H and O–H groups in total. The first kappa shape index (κ1) is 14.9. The van der Waals surface area contributed by atoms with Gasteiger partial charge in [0.2, 0.25) is 0 Å². The van der Waals surface area contributed by atoms with Gasteiger partial charge in [-0.25, -0.2) is 4.39 Å². The van der Waals surface area contributed by atoms with E-state index in [1.165, 1.54) is 16.9 Å². The van der Waals surface area contributed by atoms with Gasteiger partial charge in [-0.05, 0) is 17.7 Å². The number of halogens is 1. The summed E-state index contributed by atoms with van der Waals surface area (Å²) in [6.07, 6.45) is 3.14. The fourth-order valence-electron chi connectivity index (χ4n) is 2.30. The van der Waals surface area contributed by atoms with Crippen LogP contribution < -0.4 is 5.32 Å². The summed E-state index contributed by atoms with van der Waals surface area (Å²) in [4.78, 5) is 13.9. The summed E-state index contributed by atoms with van der Waals surface area (Å²) >= 11 is 0. The van der Waals surface area contributed by atoms with Crippen molar-refractivity contribution in [1.29, 1.82) is 0 Å². The molecule has 1 aromatic heterocycles. The van der Waals surface area contributed by atoms with Gasteiger partial charge in [-0.2, -0.15) is 15.0 Å². The Balaban J connectivity index is 1.84. The molecule has 1 atom stereocenters. The first-order valence-corrected chi connectivity index (χ1v) is 7.18. The molecule has 0 unspecified atom stereocenters. The van der Waals surface area contributed by atoms with Crippen LogP contribution in [-0.4, -0.2) is 20.9 Å². The molecule has 3 rings (SSSR count). The van der Waals surface area contributed by atoms with Gasteiger partial charge in [0.15, 0.2) is 0 Å². The molecule has 0 bridgehead atoms. The Bertz CT molecular complexity index is 774. The van der Waals surface area contributed by atoms with Gasteiger partial charge in [0.25, 0.3) is 5.91 Å². The average molecular weight is 310 g/mol. The Morgan fingerprint density at radius 2 is 1.70 bits per heavy atom. The van der Waals surface area contributed by atoms with Gasteiger partial charge in [-0.3, -0.25) is 4.79 Å². The third-order valence-corrected chi connectivity index (χ3v) is 3.44. The third kappa shape index (κ3) is 3.60. The van der Waals surface area contributed by atoms with Crippen molar-refractivity contribution in [2.45, 2.75) is 12.6 Å². The van der Waals surface area contributed by atoms with Gasteiger partial charge in [-0.1, -0.05) is 42.5 Å². The zero-order valence-electron chi connectivity index (χ0n) is 12.3. The van der Waals surface area contributed by atoms with Gasteiger partial charge in [-0.15, -0.1) is 0 Å². The van der Waals surface area contributed by atoms with Crippen molar-refractivity contribution in [3.05, 3.63) is 83.9 Å². The van der Waals surface area contributed by atoms with Gasteiger partial charge < -0.3 is 5.32 Å². The number of carbonyl (C=O) groups is 1. The maximum atomic E-state index is 13.8. The van der Waals surface area contributed by atoms with Crippen molar-refractivity contribution in [2.24, 2.45) is 0 Å². The number of carbonyl (C=O) groups excluding carboxylic acids is 1. The molecule has 1 amide bonds. The highest BCUT2D eigenvalue weighted by molar-refractivity contribution is 5.94. The first-order valence-electron chi connectivity index (χ1n) is 7.18. The second-order valence-electron chi connectivity index (χ2n) is 5.00. The molecule has 0 aliphatic heterocycles. The lowest BCUT2D eigenvalue weighted by molar-refractivity contribution is 0.0926. The smallest absolute Gasteiger partial charge is 0.254 e. The molecule has 23 heavy (non-hydrogen) atoms. The Morgan fingerprint density at radius 1 is 1.04 bits per heavy atom. The standard InChI is InChI=1S/C17H15FN4O/c18-15-9-5-4-8-14(15)17(23)21-16(12-22-19-10-11-20-22)13-6-2-1-3-7-13/h1-11,16H,12H2,(H,21,23)/t16-/m1/s1. The molecule has 0 fully saturated rings. The van der Waals surface area contributed by atoms with Crippen LogP contribution in [0.1, 0.15) is 22.0 Å². The highest BCUT2D eigenvalue weighted by atomic mass is 19.1. The van der Waals surface area contributed by atoms with Gasteiger partial charge >= 0.3 is 0 Å². The van der Waals surface area contributed by atoms with Crippen LogP contribution in [0.25, 0.3) is 0 Å². The van der Waals surface area contributed by atoms with Crippen molar-refractivity contribution in [3.8, 4) is 0 Å². The number of benzene rings is 2. The summed E-state index contributed by atoms with van der Waals surface area (Å²) in [6.45, 7) is 0.358. The number of amides is 1. The molecule has 0 saturated heterocycles. The van der Waals surface area contributed by atoms with Crippen LogP contribution in [0, 0.1) is 5.82 Å². The molecule has 3 aromatic rings. The van der Waals surface area contributed by atoms with E-state index < -0.39 is 11.7 Å². The van der Waals surface area contributed by atoms with Crippen LogP contribution in [0.3, 0.4) is 0 Å². The monoisotopic (exact) mass is 310 g/mol. The fraction of sp³-hybridized carbons (Fsp3) is 0.118. The molecular formula is C17H15FN4O. The maximum absolute atomic E-state index is 13.8. The SMILES string of the molecule is O=C(N[C@H](Cn1nccn1)c1ccccc1)c1ccccc1F. The van der Waals surface area contributed by atoms with E-state index in [0.29, 0.717) is 6.54 Å². The maximum Gasteiger partial charge on any atom is 0.254 e. The molecule has 0 aliphatic carbocycles. The van der Waals surface area contributed by atoms with Crippen molar-refractivity contribution in [2.75, 3.05) is 0 Å². The van der Waals surface area contributed by atoms with E-state index in [2.05, 4.69) is 15.5 Å². The Labute approximate surface area is 132 Å². The summed E-state index contributed by atoms with van der Waals surface area (Å²) in [5.41, 5.74) is 0.913. The van der Waals surface area contributed by atoms with Crippen LogP contribution in [0.5, 0.6) is 0 Å². The molecule has 6 heteroatoms. The number of aromatic nitrogens is 3. The summed E-state index contributed by atoms with van der Waals surface area (Å²) in [6, 6.07) is 15.0.